The summed E-state index contributed by atoms with van der Waals surface area (Å²) in [5, 5.41) is 9.28. The van der Waals surface area contributed by atoms with Crippen LogP contribution in [0.3, 0.4) is 0 Å². The van der Waals surface area contributed by atoms with Crippen LogP contribution in [0.1, 0.15) is 45.8 Å². The average molecular weight is 1140 g/mol. The van der Waals surface area contributed by atoms with E-state index < -0.39 is 5.41 Å². The smallest absolute Gasteiger partial charge is 0.159 e. The lowest BCUT2D eigenvalue weighted by Crippen LogP contribution is -2.33. The van der Waals surface area contributed by atoms with Gasteiger partial charge in [0.05, 0.1) is 22.8 Å². The molecule has 16 aromatic rings. The highest BCUT2D eigenvalue weighted by atomic mass is 16.3. The van der Waals surface area contributed by atoms with Crippen LogP contribution in [-0.2, 0) is 5.41 Å². The van der Waals surface area contributed by atoms with Gasteiger partial charge < -0.3 is 18.6 Å². The van der Waals surface area contributed by atoms with Crippen molar-refractivity contribution in [1.82, 2.24) is 0 Å². The zero-order chi connectivity index (χ0) is 58.3. The van der Waals surface area contributed by atoms with Crippen molar-refractivity contribution in [3.05, 3.63) is 348 Å². The number of hydrogen-bond donors (Lipinski definition) is 0. The van der Waals surface area contributed by atoms with Crippen molar-refractivity contribution in [2.24, 2.45) is 0 Å². The van der Waals surface area contributed by atoms with Crippen LogP contribution in [0.5, 0.6) is 0 Å². The first-order chi connectivity index (χ1) is 44.2. The second kappa shape index (κ2) is 19.3. The quantitative estimate of drug-likeness (QED) is 0.142. The largest absolute Gasteiger partial charge is 0.454 e. The van der Waals surface area contributed by atoms with E-state index in [0.29, 0.717) is 0 Å². The van der Waals surface area contributed by atoms with Crippen molar-refractivity contribution < 1.29 is 8.83 Å². The van der Waals surface area contributed by atoms with Crippen molar-refractivity contribution in [2.75, 3.05) is 9.80 Å². The second-order valence-corrected chi connectivity index (χ2v) is 24.1. The van der Waals surface area contributed by atoms with E-state index in [9.17, 15) is 0 Å². The van der Waals surface area contributed by atoms with E-state index in [4.69, 9.17) is 8.83 Å². The summed E-state index contributed by atoms with van der Waals surface area (Å²) >= 11 is 0. The Morgan fingerprint density at radius 2 is 0.798 bits per heavy atom. The summed E-state index contributed by atoms with van der Waals surface area (Å²) in [5.41, 5.74) is 25.8. The molecule has 1 atom stereocenters. The van der Waals surface area contributed by atoms with Crippen LogP contribution in [-0.4, -0.2) is 0 Å². The molecule has 1 spiro atoms. The maximum Gasteiger partial charge on any atom is 0.159 e. The molecule has 0 saturated heterocycles. The van der Waals surface area contributed by atoms with Gasteiger partial charge in [-0.05, 0) is 167 Å². The third-order valence-electron chi connectivity index (χ3n) is 19.6. The van der Waals surface area contributed by atoms with Crippen LogP contribution in [0.4, 0.5) is 28.4 Å². The summed E-state index contributed by atoms with van der Waals surface area (Å²) in [4.78, 5) is 5.02. The van der Waals surface area contributed by atoms with E-state index in [1.54, 1.807) is 0 Å². The predicted molar refractivity (Wildman–Crippen MR) is 368 cm³/mol. The Hall–Kier alpha value is -11.5. The van der Waals surface area contributed by atoms with Gasteiger partial charge in [0.15, 0.2) is 11.2 Å². The minimum atomic E-state index is -0.686. The minimum absolute atomic E-state index is 0.163. The Morgan fingerprint density at radius 3 is 1.43 bits per heavy atom. The number of para-hydroxylation sites is 4. The summed E-state index contributed by atoms with van der Waals surface area (Å²) in [7, 11) is 0. The van der Waals surface area contributed by atoms with Crippen LogP contribution in [0.25, 0.3) is 104 Å². The van der Waals surface area contributed by atoms with Gasteiger partial charge in [0.25, 0.3) is 0 Å². The molecule has 4 nitrogen and oxygen atoms in total. The Kier molecular flexibility index (Phi) is 10.8. The Balaban J connectivity index is 0.876. The highest BCUT2D eigenvalue weighted by Crippen LogP contribution is 2.69. The molecule has 0 aliphatic heterocycles. The van der Waals surface area contributed by atoms with E-state index in [2.05, 4.69) is 319 Å². The summed E-state index contributed by atoms with van der Waals surface area (Å²) in [6.07, 6.45) is 0.725. The highest BCUT2D eigenvalue weighted by Gasteiger charge is 2.56. The SMILES string of the molecule is c1ccc(-c2ccc(N(c3ccc4c5c(c6ccccc6c4c3)C3=C(CC(N(c4ccc(-c6ccccc6)cc4)c4cccc6c4oc4ccccc46)c4ccccc43)C53c4ccccc4-c4ccccc43)c3cccc4c3oc3ccccc34)cc2)cc1. The molecule has 3 aliphatic rings. The molecule has 1 unspecified atom stereocenters. The maximum atomic E-state index is 7.06. The van der Waals surface area contributed by atoms with Gasteiger partial charge in [-0.1, -0.05) is 249 Å². The fourth-order valence-corrected chi connectivity index (χ4v) is 16.0. The van der Waals surface area contributed by atoms with E-state index in [1.165, 1.54) is 93.9 Å². The minimum Gasteiger partial charge on any atom is -0.454 e. The first kappa shape index (κ1) is 49.8. The van der Waals surface area contributed by atoms with E-state index in [0.717, 1.165) is 84.3 Å². The highest BCUT2D eigenvalue weighted by molar-refractivity contribution is 6.21. The molecule has 2 aromatic heterocycles. The molecular weight excluding hydrogens is 1080 g/mol. The van der Waals surface area contributed by atoms with Crippen LogP contribution >= 0.6 is 0 Å². The normalized spacial score (nSPS) is 14.4. The average Bonchev–Trinajstić information content (AvgIpc) is 1.49. The molecule has 4 heteroatoms. The number of rotatable bonds is 8. The van der Waals surface area contributed by atoms with E-state index >= 15 is 0 Å². The van der Waals surface area contributed by atoms with Crippen LogP contribution in [0.15, 0.2) is 324 Å². The third kappa shape index (κ3) is 7.17. The molecule has 89 heavy (non-hydrogen) atoms. The number of furan rings is 2. The topological polar surface area (TPSA) is 32.8 Å². The van der Waals surface area contributed by atoms with Crippen LogP contribution in [0.2, 0.25) is 0 Å². The van der Waals surface area contributed by atoms with Gasteiger partial charge in [-0.3, -0.25) is 0 Å². The van der Waals surface area contributed by atoms with Crippen LogP contribution < -0.4 is 9.80 Å². The van der Waals surface area contributed by atoms with Crippen molar-refractivity contribution in [3.8, 4) is 33.4 Å². The van der Waals surface area contributed by atoms with E-state index in [1.807, 2.05) is 0 Å². The molecule has 19 rings (SSSR count). The van der Waals surface area contributed by atoms with Gasteiger partial charge in [0.2, 0.25) is 0 Å². The number of nitrogens with zero attached hydrogens (tertiary/aromatic N) is 2. The third-order valence-corrected chi connectivity index (χ3v) is 19.6. The Labute approximate surface area is 514 Å². The maximum absolute atomic E-state index is 7.06. The standard InChI is InChI=1S/C85H54N2O2/c1-3-21-53(22-4-1)55-41-45-57(46-42-55)86(75-37-19-33-69-64-29-13-17-39-78(64)88-83(69)75)59-49-50-68-71(51-59)60-25-7-9-31-66(60)81-80-67-32-10-8-28-63(67)77(52-74(80)85(82(68)81)72-35-15-11-26-61(72)62-27-12-16-36-73(62)85)87(58-47-43-56(44-48-58)54-23-5-2-6-24-54)76-38-20-34-70-65-30-14-18-40-79(65)89-84(70)76/h1-51,77H,52H2. The van der Waals surface area contributed by atoms with Gasteiger partial charge in [-0.15, -0.1) is 0 Å². The van der Waals surface area contributed by atoms with Gasteiger partial charge in [-0.2, -0.15) is 0 Å². The molecule has 2 heterocycles. The fourth-order valence-electron chi connectivity index (χ4n) is 16.0. The lowest BCUT2D eigenvalue weighted by atomic mass is 9.65. The second-order valence-electron chi connectivity index (χ2n) is 24.1. The lowest BCUT2D eigenvalue weighted by molar-refractivity contribution is 0.613. The number of benzene rings is 14. The Morgan fingerprint density at radius 1 is 0.326 bits per heavy atom. The molecule has 0 fully saturated rings. The fraction of sp³-hybridized carbons (Fsp3) is 0.0353. The number of hydrogen-bond acceptors (Lipinski definition) is 4. The van der Waals surface area contributed by atoms with Crippen molar-refractivity contribution >= 4 is 99.4 Å². The monoisotopic (exact) mass is 1130 g/mol. The van der Waals surface area contributed by atoms with Gasteiger partial charge >= 0.3 is 0 Å². The van der Waals surface area contributed by atoms with Gasteiger partial charge in [-0.25, -0.2) is 0 Å². The van der Waals surface area contributed by atoms with Crippen molar-refractivity contribution in [2.45, 2.75) is 17.9 Å². The molecule has 416 valence electrons. The summed E-state index contributed by atoms with van der Waals surface area (Å²) in [6.45, 7) is 0. The summed E-state index contributed by atoms with van der Waals surface area (Å²) in [5.74, 6) is 0. The summed E-state index contributed by atoms with van der Waals surface area (Å²) < 4.78 is 14.0. The zero-order valence-corrected chi connectivity index (χ0v) is 48.4. The number of fused-ring (bicyclic) bond motifs is 22. The first-order valence-electron chi connectivity index (χ1n) is 30.9. The molecule has 3 aliphatic carbocycles. The van der Waals surface area contributed by atoms with Crippen molar-refractivity contribution in [3.63, 3.8) is 0 Å². The molecular formula is C85H54N2O2. The zero-order valence-electron chi connectivity index (χ0n) is 48.4. The summed E-state index contributed by atoms with van der Waals surface area (Å²) in [6, 6.07) is 114. The van der Waals surface area contributed by atoms with Crippen molar-refractivity contribution in [1.29, 1.82) is 0 Å². The Bertz CT molecular complexity index is 5550. The van der Waals surface area contributed by atoms with E-state index in [-0.39, 0.29) is 6.04 Å². The molecule has 0 radical (unpaired) electrons. The van der Waals surface area contributed by atoms with Gasteiger partial charge in [0.1, 0.15) is 11.2 Å². The first-order valence-corrected chi connectivity index (χ1v) is 30.9. The molecule has 0 amide bonds. The molecule has 0 N–H and O–H groups in total. The lowest BCUT2D eigenvalue weighted by Gasteiger charge is -2.42. The van der Waals surface area contributed by atoms with Gasteiger partial charge in [0, 0.05) is 38.6 Å². The molecule has 14 aromatic carbocycles. The molecule has 0 bridgehead atoms. The number of anilines is 5. The predicted octanol–water partition coefficient (Wildman–Crippen LogP) is 23.0. The van der Waals surface area contributed by atoms with Crippen LogP contribution in [0, 0.1) is 0 Å². The molecule has 0 saturated carbocycles.